The lowest BCUT2D eigenvalue weighted by Crippen LogP contribution is -2.15. The van der Waals surface area contributed by atoms with Crippen LogP contribution in [0.15, 0.2) is 4.99 Å². The zero-order valence-electron chi connectivity index (χ0n) is 10.6. The molecule has 0 saturated heterocycles. The summed E-state index contributed by atoms with van der Waals surface area (Å²) >= 11 is 1.21. The minimum atomic E-state index is -2.17. The smallest absolute Gasteiger partial charge is 0.200 e. The van der Waals surface area contributed by atoms with E-state index in [1.165, 1.54) is 11.8 Å². The molecule has 0 fully saturated rings. The van der Waals surface area contributed by atoms with Crippen molar-refractivity contribution in [1.82, 2.24) is 0 Å². The van der Waals surface area contributed by atoms with Crippen LogP contribution < -0.4 is 5.32 Å². The van der Waals surface area contributed by atoms with E-state index in [1.807, 2.05) is 13.8 Å². The van der Waals surface area contributed by atoms with E-state index < -0.39 is 34.8 Å². The van der Waals surface area contributed by atoms with Gasteiger partial charge in [0, 0.05) is 5.25 Å². The number of anilines is 1. The third kappa shape index (κ3) is 2.61. The van der Waals surface area contributed by atoms with Gasteiger partial charge >= 0.3 is 0 Å². The highest BCUT2D eigenvalue weighted by atomic mass is 32.2. The predicted octanol–water partition coefficient (Wildman–Crippen LogP) is 3.92. The minimum absolute atomic E-state index is 0.110. The van der Waals surface area contributed by atoms with Gasteiger partial charge in [-0.25, -0.2) is 22.0 Å². The quantitative estimate of drug-likeness (QED) is 0.508. The molecule has 110 valence electrons. The van der Waals surface area contributed by atoms with Gasteiger partial charge in [-0.3, -0.25) is 4.99 Å². The second-order valence-electron chi connectivity index (χ2n) is 4.62. The molecule has 1 unspecified atom stereocenters. The lowest BCUT2D eigenvalue weighted by atomic mass is 10.1. The molecule has 1 N–H and O–H groups in total. The topological polar surface area (TPSA) is 24.4 Å². The fraction of sp³-hybridized carbons (Fsp3) is 0.417. The van der Waals surface area contributed by atoms with Gasteiger partial charge in [0.25, 0.3) is 0 Å². The zero-order chi connectivity index (χ0) is 15.0. The molecular formula is C12H11F5N2S. The van der Waals surface area contributed by atoms with Gasteiger partial charge in [0.2, 0.25) is 5.82 Å². The van der Waals surface area contributed by atoms with Gasteiger partial charge in [0.15, 0.2) is 28.4 Å². The van der Waals surface area contributed by atoms with Crippen molar-refractivity contribution >= 4 is 22.6 Å². The van der Waals surface area contributed by atoms with Crippen LogP contribution in [0.4, 0.5) is 27.6 Å². The van der Waals surface area contributed by atoms with Crippen LogP contribution in [0.1, 0.15) is 13.8 Å². The van der Waals surface area contributed by atoms with Gasteiger partial charge in [0.1, 0.15) is 5.69 Å². The molecule has 1 aromatic rings. The van der Waals surface area contributed by atoms with E-state index in [1.54, 1.807) is 0 Å². The van der Waals surface area contributed by atoms with Gasteiger partial charge in [0.05, 0.1) is 6.54 Å². The normalized spacial score (nSPS) is 18.6. The van der Waals surface area contributed by atoms with E-state index in [2.05, 4.69) is 10.3 Å². The standard InChI is InChI=1S/C12H11F5N2S/c1-4(2)5-3-18-12(20-5)19-11-9(16)7(14)6(13)8(15)10(11)17/h4-5H,3H2,1-2H3,(H,18,19). The molecule has 0 saturated carbocycles. The molecule has 0 spiro atoms. The van der Waals surface area contributed by atoms with Crippen molar-refractivity contribution in [1.29, 1.82) is 0 Å². The molecule has 2 nitrogen and oxygen atoms in total. The van der Waals surface area contributed by atoms with Crippen molar-refractivity contribution in [2.24, 2.45) is 10.9 Å². The van der Waals surface area contributed by atoms with Crippen LogP contribution in [-0.2, 0) is 0 Å². The molecule has 1 atom stereocenters. The second kappa shape index (κ2) is 5.59. The van der Waals surface area contributed by atoms with Crippen molar-refractivity contribution in [2.45, 2.75) is 19.1 Å². The Morgan fingerprint density at radius 3 is 1.95 bits per heavy atom. The van der Waals surface area contributed by atoms with Crippen LogP contribution in [0.2, 0.25) is 0 Å². The maximum Gasteiger partial charge on any atom is 0.200 e. The lowest BCUT2D eigenvalue weighted by molar-refractivity contribution is 0.382. The van der Waals surface area contributed by atoms with E-state index >= 15 is 0 Å². The Hall–Kier alpha value is -1.31. The van der Waals surface area contributed by atoms with Gasteiger partial charge in [-0.05, 0) is 5.92 Å². The molecule has 1 aliphatic heterocycles. The number of hydrogen-bond donors (Lipinski definition) is 1. The summed E-state index contributed by atoms with van der Waals surface area (Å²) in [6.07, 6.45) is 0. The van der Waals surface area contributed by atoms with Crippen LogP contribution >= 0.6 is 11.8 Å². The number of aliphatic imine (C=N–C) groups is 1. The maximum absolute atomic E-state index is 13.5. The number of rotatable bonds is 2. The molecule has 0 amide bonds. The first-order chi connectivity index (χ1) is 9.32. The third-order valence-electron chi connectivity index (χ3n) is 2.86. The van der Waals surface area contributed by atoms with Crippen LogP contribution in [0, 0.1) is 35.0 Å². The average molecular weight is 310 g/mol. The summed E-state index contributed by atoms with van der Waals surface area (Å²) in [6, 6.07) is 0. The summed E-state index contributed by atoms with van der Waals surface area (Å²) in [7, 11) is 0. The fourth-order valence-electron chi connectivity index (χ4n) is 1.63. The maximum atomic E-state index is 13.5. The lowest BCUT2D eigenvalue weighted by Gasteiger charge is -2.13. The van der Waals surface area contributed by atoms with Gasteiger partial charge in [-0.2, -0.15) is 0 Å². The van der Waals surface area contributed by atoms with Gasteiger partial charge in [-0.1, -0.05) is 25.6 Å². The Labute approximate surface area is 116 Å². The summed E-state index contributed by atoms with van der Waals surface area (Å²) in [5.74, 6) is -9.63. The molecule has 0 bridgehead atoms. The Morgan fingerprint density at radius 1 is 1.00 bits per heavy atom. The highest BCUT2D eigenvalue weighted by molar-refractivity contribution is 8.15. The Bertz CT molecular complexity index is 544. The summed E-state index contributed by atoms with van der Waals surface area (Å²) in [5.41, 5.74) is -1.07. The zero-order valence-corrected chi connectivity index (χ0v) is 11.4. The van der Waals surface area contributed by atoms with E-state index in [9.17, 15) is 22.0 Å². The largest absolute Gasteiger partial charge is 0.330 e. The number of benzene rings is 1. The molecule has 0 radical (unpaired) electrons. The van der Waals surface area contributed by atoms with Crippen molar-refractivity contribution in [3.05, 3.63) is 29.1 Å². The van der Waals surface area contributed by atoms with Crippen molar-refractivity contribution in [2.75, 3.05) is 11.9 Å². The molecule has 0 aromatic heterocycles. The molecule has 20 heavy (non-hydrogen) atoms. The molecular weight excluding hydrogens is 299 g/mol. The number of hydrogen-bond acceptors (Lipinski definition) is 3. The first kappa shape index (κ1) is 15.1. The summed E-state index contributed by atoms with van der Waals surface area (Å²) in [5, 5.41) is 2.44. The first-order valence-electron chi connectivity index (χ1n) is 5.82. The molecule has 2 rings (SSSR count). The third-order valence-corrected chi connectivity index (χ3v) is 4.31. The van der Waals surface area contributed by atoms with E-state index in [0.717, 1.165) is 0 Å². The summed E-state index contributed by atoms with van der Waals surface area (Å²) < 4.78 is 65.9. The summed E-state index contributed by atoms with van der Waals surface area (Å²) in [6.45, 7) is 4.34. The predicted molar refractivity (Wildman–Crippen MR) is 68.4 cm³/mol. The number of nitrogens with one attached hydrogen (secondary N) is 1. The van der Waals surface area contributed by atoms with Crippen LogP contribution in [-0.4, -0.2) is 17.0 Å². The van der Waals surface area contributed by atoms with E-state index in [0.29, 0.717) is 6.54 Å². The highest BCUT2D eigenvalue weighted by Crippen LogP contribution is 2.31. The highest BCUT2D eigenvalue weighted by Gasteiger charge is 2.29. The van der Waals surface area contributed by atoms with Crippen LogP contribution in [0.25, 0.3) is 0 Å². The van der Waals surface area contributed by atoms with Crippen LogP contribution in [0.5, 0.6) is 0 Å². The molecule has 1 heterocycles. The Morgan fingerprint density at radius 2 is 1.50 bits per heavy atom. The molecule has 8 heteroatoms. The number of amidine groups is 1. The van der Waals surface area contributed by atoms with Crippen molar-refractivity contribution in [3.63, 3.8) is 0 Å². The second-order valence-corrected chi connectivity index (χ2v) is 5.84. The van der Waals surface area contributed by atoms with Gasteiger partial charge in [-0.15, -0.1) is 0 Å². The monoisotopic (exact) mass is 310 g/mol. The SMILES string of the molecule is CC(C)C1CN=C(Nc2c(F)c(F)c(F)c(F)c2F)S1. The van der Waals surface area contributed by atoms with Crippen LogP contribution in [0.3, 0.4) is 0 Å². The fourth-order valence-corrected chi connectivity index (χ4v) is 2.65. The Balaban J connectivity index is 2.28. The number of thioether (sulfide) groups is 1. The van der Waals surface area contributed by atoms with Gasteiger partial charge < -0.3 is 5.32 Å². The Kier molecular flexibility index (Phi) is 4.22. The minimum Gasteiger partial charge on any atom is -0.330 e. The molecule has 1 aliphatic rings. The van der Waals surface area contributed by atoms with Crippen molar-refractivity contribution in [3.8, 4) is 0 Å². The first-order valence-corrected chi connectivity index (χ1v) is 6.70. The molecule has 1 aromatic carbocycles. The summed E-state index contributed by atoms with van der Waals surface area (Å²) in [4.78, 5) is 3.99. The number of halogens is 5. The van der Waals surface area contributed by atoms with Crippen molar-refractivity contribution < 1.29 is 22.0 Å². The molecule has 0 aliphatic carbocycles. The average Bonchev–Trinajstić information content (AvgIpc) is 2.88. The number of nitrogens with zero attached hydrogens (tertiary/aromatic N) is 1. The van der Waals surface area contributed by atoms with E-state index in [-0.39, 0.29) is 16.3 Å². The van der Waals surface area contributed by atoms with E-state index in [4.69, 9.17) is 0 Å².